The number of Topliss-reactive ketones (excluding diaryl/α,β-unsaturated/α-hetero) is 1. The van der Waals surface area contributed by atoms with Crippen molar-refractivity contribution in [1.29, 1.82) is 0 Å². The molecule has 0 spiro atoms. The topological polar surface area (TPSA) is 75.6 Å². The SMILES string of the molecule is Cc1ccc(NC2=C/C(=N/S(=O)(=O)c3ccc(C)cc3)c3ccccc3C2=O)cc1. The number of ketones is 1. The van der Waals surface area contributed by atoms with E-state index in [4.69, 9.17) is 0 Å². The zero-order valence-corrected chi connectivity index (χ0v) is 17.4. The summed E-state index contributed by atoms with van der Waals surface area (Å²) in [5.74, 6) is -0.210. The Morgan fingerprint density at radius 3 is 1.97 bits per heavy atom. The Bertz CT molecular complexity index is 1290. The van der Waals surface area contributed by atoms with Gasteiger partial charge in [-0.3, -0.25) is 4.79 Å². The molecule has 0 atom stereocenters. The molecule has 0 saturated heterocycles. The van der Waals surface area contributed by atoms with E-state index in [0.29, 0.717) is 11.1 Å². The minimum Gasteiger partial charge on any atom is -0.352 e. The molecule has 0 amide bonds. The van der Waals surface area contributed by atoms with Crippen molar-refractivity contribution < 1.29 is 13.2 Å². The minimum atomic E-state index is -3.93. The van der Waals surface area contributed by atoms with Gasteiger partial charge in [-0.2, -0.15) is 12.8 Å². The molecule has 3 aromatic carbocycles. The maximum Gasteiger partial charge on any atom is 0.282 e. The fourth-order valence-electron chi connectivity index (χ4n) is 3.18. The Hall–Kier alpha value is -3.51. The van der Waals surface area contributed by atoms with Crippen molar-refractivity contribution >= 4 is 27.2 Å². The second-order valence-corrected chi connectivity index (χ2v) is 8.79. The van der Waals surface area contributed by atoms with Crippen LogP contribution in [0.3, 0.4) is 0 Å². The number of carbonyl (C=O) groups excluding carboxylic acids is 1. The van der Waals surface area contributed by atoms with Crippen molar-refractivity contribution in [2.24, 2.45) is 4.40 Å². The van der Waals surface area contributed by atoms with Crippen LogP contribution in [0, 0.1) is 13.8 Å². The van der Waals surface area contributed by atoms with Crippen molar-refractivity contribution in [1.82, 2.24) is 0 Å². The van der Waals surface area contributed by atoms with Crippen molar-refractivity contribution in [3.05, 3.63) is 107 Å². The van der Waals surface area contributed by atoms with Crippen LogP contribution >= 0.6 is 0 Å². The van der Waals surface area contributed by atoms with Crippen LogP contribution in [0.1, 0.15) is 27.0 Å². The molecular formula is C24H20N2O3S. The molecule has 5 nitrogen and oxygen atoms in total. The van der Waals surface area contributed by atoms with Gasteiger partial charge in [-0.1, -0.05) is 59.7 Å². The number of allylic oxidation sites excluding steroid dienone is 2. The standard InChI is InChI=1S/C24H20N2O3S/c1-16-7-11-18(12-8-16)25-23-15-22(20-5-3-4-6-21(20)24(23)27)26-30(28,29)19-13-9-17(2)10-14-19/h3-15,25H,1-2H3/b26-22-. The number of benzene rings is 3. The number of hydrogen-bond donors (Lipinski definition) is 1. The van der Waals surface area contributed by atoms with Crippen LogP contribution in [0.2, 0.25) is 0 Å². The van der Waals surface area contributed by atoms with E-state index in [1.165, 1.54) is 18.2 Å². The third-order valence-corrected chi connectivity index (χ3v) is 6.15. The molecule has 150 valence electrons. The van der Waals surface area contributed by atoms with E-state index in [1.807, 2.05) is 38.1 Å². The third kappa shape index (κ3) is 3.95. The predicted molar refractivity (Wildman–Crippen MR) is 119 cm³/mol. The van der Waals surface area contributed by atoms with Gasteiger partial charge in [0.2, 0.25) is 5.78 Å². The number of nitrogens with zero attached hydrogens (tertiary/aromatic N) is 1. The number of rotatable bonds is 4. The average molecular weight is 417 g/mol. The van der Waals surface area contributed by atoms with Crippen molar-refractivity contribution in [3.63, 3.8) is 0 Å². The smallest absolute Gasteiger partial charge is 0.282 e. The molecule has 1 aliphatic carbocycles. The van der Waals surface area contributed by atoms with E-state index in [1.54, 1.807) is 36.4 Å². The van der Waals surface area contributed by atoms with E-state index < -0.39 is 10.0 Å². The maximum absolute atomic E-state index is 13.0. The van der Waals surface area contributed by atoms with Gasteiger partial charge in [-0.05, 0) is 44.2 Å². The highest BCUT2D eigenvalue weighted by Gasteiger charge is 2.26. The molecule has 0 aliphatic heterocycles. The van der Waals surface area contributed by atoms with Gasteiger partial charge in [0, 0.05) is 16.8 Å². The molecule has 1 aliphatic rings. The lowest BCUT2D eigenvalue weighted by Gasteiger charge is -2.19. The van der Waals surface area contributed by atoms with Gasteiger partial charge in [-0.15, -0.1) is 0 Å². The molecule has 0 aromatic heterocycles. The lowest BCUT2D eigenvalue weighted by molar-refractivity contribution is 0.103. The Labute approximate surface area is 175 Å². The van der Waals surface area contributed by atoms with E-state index in [9.17, 15) is 13.2 Å². The minimum absolute atomic E-state index is 0.108. The Kier molecular flexibility index (Phi) is 5.10. The lowest BCUT2D eigenvalue weighted by atomic mass is 9.92. The number of fused-ring (bicyclic) bond motifs is 1. The molecule has 0 fully saturated rings. The second-order valence-electron chi connectivity index (χ2n) is 7.19. The maximum atomic E-state index is 13.0. The van der Waals surface area contributed by atoms with E-state index >= 15 is 0 Å². The zero-order valence-electron chi connectivity index (χ0n) is 16.6. The first-order valence-corrected chi connectivity index (χ1v) is 10.9. The second kappa shape index (κ2) is 7.72. The van der Waals surface area contributed by atoms with Crippen molar-refractivity contribution in [2.75, 3.05) is 5.32 Å². The normalized spacial score (nSPS) is 14.9. The average Bonchev–Trinajstić information content (AvgIpc) is 2.73. The number of anilines is 1. The quantitative estimate of drug-likeness (QED) is 0.670. The molecule has 0 unspecified atom stereocenters. The molecule has 30 heavy (non-hydrogen) atoms. The molecular weight excluding hydrogens is 396 g/mol. The molecule has 0 bridgehead atoms. The molecule has 3 aromatic rings. The van der Waals surface area contributed by atoms with Crippen molar-refractivity contribution in [2.45, 2.75) is 18.7 Å². The number of hydrogen-bond acceptors (Lipinski definition) is 4. The highest BCUT2D eigenvalue weighted by Crippen LogP contribution is 2.25. The summed E-state index contributed by atoms with van der Waals surface area (Å²) in [5.41, 5.74) is 4.19. The number of sulfonamides is 1. The first-order valence-electron chi connectivity index (χ1n) is 9.45. The van der Waals surface area contributed by atoms with Gasteiger partial charge in [0.25, 0.3) is 10.0 Å². The fourth-order valence-corrected chi connectivity index (χ4v) is 4.18. The summed E-state index contributed by atoms with van der Waals surface area (Å²) in [5, 5.41) is 3.10. The summed E-state index contributed by atoms with van der Waals surface area (Å²) in [6, 6.07) is 21.0. The fraction of sp³-hybridized carbons (Fsp3) is 0.0833. The first-order chi connectivity index (χ1) is 14.3. The highest BCUT2D eigenvalue weighted by molar-refractivity contribution is 7.90. The molecule has 0 heterocycles. The molecule has 4 rings (SSSR count). The van der Waals surface area contributed by atoms with E-state index in [-0.39, 0.29) is 22.1 Å². The molecule has 1 N–H and O–H groups in total. The predicted octanol–water partition coefficient (Wildman–Crippen LogP) is 4.67. The van der Waals surface area contributed by atoms with Crippen molar-refractivity contribution in [3.8, 4) is 0 Å². The zero-order chi connectivity index (χ0) is 21.3. The van der Waals surface area contributed by atoms with Crippen LogP contribution in [0.4, 0.5) is 5.69 Å². The van der Waals surface area contributed by atoms with Crippen LogP contribution in [0.25, 0.3) is 0 Å². The summed E-state index contributed by atoms with van der Waals surface area (Å²) in [4.78, 5) is 13.1. The Morgan fingerprint density at radius 1 is 0.767 bits per heavy atom. The van der Waals surface area contributed by atoms with Crippen LogP contribution in [0.15, 0.2) is 93.9 Å². The Balaban J connectivity index is 1.80. The summed E-state index contributed by atoms with van der Waals surface area (Å²) >= 11 is 0. The first kappa shape index (κ1) is 19.8. The van der Waals surface area contributed by atoms with E-state index in [0.717, 1.165) is 16.8 Å². The molecule has 0 saturated carbocycles. The van der Waals surface area contributed by atoms with Crippen LogP contribution in [-0.4, -0.2) is 19.9 Å². The van der Waals surface area contributed by atoms with Crippen LogP contribution in [-0.2, 0) is 10.0 Å². The van der Waals surface area contributed by atoms with Gasteiger partial charge < -0.3 is 5.32 Å². The van der Waals surface area contributed by atoms with Crippen LogP contribution in [0.5, 0.6) is 0 Å². The van der Waals surface area contributed by atoms with Gasteiger partial charge in [-0.25, -0.2) is 0 Å². The Morgan fingerprint density at radius 2 is 1.33 bits per heavy atom. The summed E-state index contributed by atoms with van der Waals surface area (Å²) in [6.45, 7) is 3.86. The van der Waals surface area contributed by atoms with Crippen LogP contribution < -0.4 is 5.32 Å². The number of aryl methyl sites for hydroxylation is 2. The highest BCUT2D eigenvalue weighted by atomic mass is 32.2. The largest absolute Gasteiger partial charge is 0.352 e. The van der Waals surface area contributed by atoms with E-state index in [2.05, 4.69) is 9.71 Å². The third-order valence-electron chi connectivity index (χ3n) is 4.84. The van der Waals surface area contributed by atoms with Gasteiger partial charge >= 0.3 is 0 Å². The number of carbonyl (C=O) groups is 1. The summed E-state index contributed by atoms with van der Waals surface area (Å²) in [7, 11) is -3.93. The molecule has 6 heteroatoms. The van der Waals surface area contributed by atoms with Gasteiger partial charge in [0.15, 0.2) is 0 Å². The van der Waals surface area contributed by atoms with Gasteiger partial charge in [0.05, 0.1) is 16.3 Å². The summed E-state index contributed by atoms with van der Waals surface area (Å²) in [6.07, 6.45) is 1.50. The molecule has 0 radical (unpaired) electrons. The monoisotopic (exact) mass is 416 g/mol. The summed E-state index contributed by atoms with van der Waals surface area (Å²) < 4.78 is 29.8. The lowest BCUT2D eigenvalue weighted by Crippen LogP contribution is -2.22. The number of nitrogens with one attached hydrogen (secondary N) is 1. The van der Waals surface area contributed by atoms with Gasteiger partial charge in [0.1, 0.15) is 0 Å².